The summed E-state index contributed by atoms with van der Waals surface area (Å²) in [4.78, 5) is 43.4. The van der Waals surface area contributed by atoms with E-state index in [0.717, 1.165) is 12.8 Å². The van der Waals surface area contributed by atoms with Gasteiger partial charge < -0.3 is 44.5 Å². The lowest BCUT2D eigenvalue weighted by atomic mass is 10.0. The number of carbonyl (C=O) groups excluding carboxylic acids is 1. The largest absolute Gasteiger partial charge is 0.388 e. The van der Waals surface area contributed by atoms with Crippen molar-refractivity contribution in [2.75, 3.05) is 25.5 Å². The SMILES string of the molecule is CCOC(C)(C)CCCNC(=O)CCCn1c(N)nc2c(nc(Br)n2C[C@@H](O)C2OP(O)OCC2O)c1=O. The lowest BCUT2D eigenvalue weighted by molar-refractivity contribution is -0.121. The first-order chi connectivity index (χ1) is 17.9. The van der Waals surface area contributed by atoms with E-state index in [1.54, 1.807) is 0 Å². The number of hydrogen-bond acceptors (Lipinski definition) is 11. The maximum Gasteiger partial charge on any atom is 0.330 e. The number of nitrogens with two attached hydrogens (primary N) is 1. The molecule has 14 nitrogen and oxygen atoms in total. The normalized spacial score (nSPS) is 21.1. The van der Waals surface area contributed by atoms with Crippen LogP contribution in [0.1, 0.15) is 46.5 Å². The molecule has 0 aromatic carbocycles. The van der Waals surface area contributed by atoms with E-state index in [0.29, 0.717) is 19.6 Å². The third-order valence-corrected chi connectivity index (χ3v) is 7.53. The number of aromatic nitrogens is 4. The summed E-state index contributed by atoms with van der Waals surface area (Å²) in [6.45, 7) is 7.01. The van der Waals surface area contributed by atoms with E-state index in [1.165, 1.54) is 9.13 Å². The van der Waals surface area contributed by atoms with Crippen molar-refractivity contribution in [1.82, 2.24) is 24.4 Å². The molecule has 1 amide bonds. The van der Waals surface area contributed by atoms with Crippen LogP contribution in [-0.4, -0.2) is 83.8 Å². The highest BCUT2D eigenvalue weighted by Gasteiger charge is 2.37. The van der Waals surface area contributed by atoms with Gasteiger partial charge in [0.25, 0.3) is 5.56 Å². The second kappa shape index (κ2) is 13.6. The number of rotatable bonds is 13. The molecule has 0 bridgehead atoms. The number of ether oxygens (including phenoxy) is 1. The first kappa shape index (κ1) is 30.8. The summed E-state index contributed by atoms with van der Waals surface area (Å²) < 4.78 is 18.5. The molecule has 38 heavy (non-hydrogen) atoms. The zero-order valence-corrected chi connectivity index (χ0v) is 24.2. The Morgan fingerprint density at radius 2 is 2.11 bits per heavy atom. The van der Waals surface area contributed by atoms with Gasteiger partial charge in [0.05, 0.1) is 18.8 Å². The molecule has 1 aliphatic rings. The van der Waals surface area contributed by atoms with Crippen LogP contribution in [0.25, 0.3) is 11.2 Å². The van der Waals surface area contributed by atoms with Gasteiger partial charge in [-0.1, -0.05) is 0 Å². The van der Waals surface area contributed by atoms with Crippen LogP contribution in [0.4, 0.5) is 5.95 Å². The van der Waals surface area contributed by atoms with Crippen molar-refractivity contribution >= 4 is 47.6 Å². The fourth-order valence-corrected chi connectivity index (χ4v) is 5.52. The highest BCUT2D eigenvalue weighted by atomic mass is 79.9. The third kappa shape index (κ3) is 7.92. The Balaban J connectivity index is 1.59. The van der Waals surface area contributed by atoms with Crippen molar-refractivity contribution in [1.29, 1.82) is 0 Å². The molecule has 2 aromatic heterocycles. The van der Waals surface area contributed by atoms with Gasteiger partial charge in [0.2, 0.25) is 11.9 Å². The number of halogens is 1. The molecule has 6 N–H and O–H groups in total. The lowest BCUT2D eigenvalue weighted by Crippen LogP contribution is -2.45. The molecule has 1 aliphatic heterocycles. The van der Waals surface area contributed by atoms with Crippen LogP contribution in [0.2, 0.25) is 0 Å². The molecule has 0 aliphatic carbocycles. The first-order valence-corrected chi connectivity index (χ1v) is 14.3. The second-order valence-electron chi connectivity index (χ2n) is 9.58. The number of anilines is 1. The Bertz CT molecular complexity index is 1160. The number of hydrogen-bond donors (Lipinski definition) is 5. The van der Waals surface area contributed by atoms with E-state index in [2.05, 4.69) is 31.2 Å². The molecule has 0 radical (unpaired) electrons. The summed E-state index contributed by atoms with van der Waals surface area (Å²) in [5.41, 5.74) is 5.51. The van der Waals surface area contributed by atoms with E-state index in [-0.39, 0.29) is 59.5 Å². The highest BCUT2D eigenvalue weighted by Crippen LogP contribution is 2.40. The minimum absolute atomic E-state index is 0.0255. The molecular weight excluding hydrogens is 587 g/mol. The lowest BCUT2D eigenvalue weighted by Gasteiger charge is -2.33. The molecule has 3 heterocycles. The summed E-state index contributed by atoms with van der Waals surface area (Å²) in [6.07, 6.45) is -1.33. The van der Waals surface area contributed by atoms with Crippen LogP contribution in [0.15, 0.2) is 9.53 Å². The Morgan fingerprint density at radius 3 is 2.82 bits per heavy atom. The van der Waals surface area contributed by atoms with Crippen LogP contribution in [-0.2, 0) is 31.7 Å². The molecule has 2 aromatic rings. The summed E-state index contributed by atoms with van der Waals surface area (Å²) in [7, 11) is -2.21. The van der Waals surface area contributed by atoms with Gasteiger partial charge in [-0.2, -0.15) is 4.98 Å². The fraction of sp³-hybridized carbons (Fsp3) is 0.727. The van der Waals surface area contributed by atoms with E-state index < -0.39 is 32.5 Å². The van der Waals surface area contributed by atoms with Crippen molar-refractivity contribution in [3.05, 3.63) is 15.1 Å². The van der Waals surface area contributed by atoms with Gasteiger partial charge in [-0.05, 0) is 56.0 Å². The molecule has 214 valence electrons. The molecule has 16 heteroatoms. The number of nitrogens with one attached hydrogen (secondary N) is 1. The van der Waals surface area contributed by atoms with E-state index in [9.17, 15) is 24.7 Å². The molecular formula is C22H36BrN6O8P. The van der Waals surface area contributed by atoms with Gasteiger partial charge >= 0.3 is 8.60 Å². The van der Waals surface area contributed by atoms with Gasteiger partial charge in [0.15, 0.2) is 15.9 Å². The smallest absolute Gasteiger partial charge is 0.330 e. The first-order valence-electron chi connectivity index (χ1n) is 12.4. The van der Waals surface area contributed by atoms with Gasteiger partial charge in [-0.25, -0.2) is 4.98 Å². The standard InChI is InChI=1S/C22H36BrN6O8P/c1-4-35-22(2,3)8-6-9-25-15(32)7-5-10-28-19(33)16-18(27-21(28)24)29(20(23)26-16)11-13(30)17-14(31)12-36-38(34)37-17/h13-14,17,30-31,34H,4-12H2,1-3H3,(H2,24,27)(H,25,32)/t13-,14?,17?,38?/m1/s1. The average molecular weight is 623 g/mol. The van der Waals surface area contributed by atoms with Gasteiger partial charge in [-0.3, -0.25) is 14.2 Å². The number of nitrogens with zero attached hydrogens (tertiary/aromatic N) is 4. The van der Waals surface area contributed by atoms with Crippen LogP contribution in [0.5, 0.6) is 0 Å². The summed E-state index contributed by atoms with van der Waals surface area (Å²) in [5, 5.41) is 23.6. The predicted octanol–water partition coefficient (Wildman–Crippen LogP) is 0.786. The summed E-state index contributed by atoms with van der Waals surface area (Å²) in [6, 6.07) is 0. The van der Waals surface area contributed by atoms with Crippen molar-refractivity contribution in [3.63, 3.8) is 0 Å². The maximum atomic E-state index is 13.1. The molecule has 1 saturated heterocycles. The monoisotopic (exact) mass is 622 g/mol. The van der Waals surface area contributed by atoms with Gasteiger partial charge in [0.1, 0.15) is 18.3 Å². The van der Waals surface area contributed by atoms with E-state index in [1.807, 2.05) is 20.8 Å². The van der Waals surface area contributed by atoms with Crippen LogP contribution < -0.4 is 16.6 Å². The summed E-state index contributed by atoms with van der Waals surface area (Å²) in [5.74, 6) is -0.185. The molecule has 3 rings (SSSR count). The Labute approximate surface area is 229 Å². The Hall–Kier alpha value is -1.71. The number of aliphatic hydroxyl groups is 2. The fourth-order valence-electron chi connectivity index (χ4n) is 4.20. The number of fused-ring (bicyclic) bond motifs is 1. The van der Waals surface area contributed by atoms with Crippen molar-refractivity contribution < 1.29 is 33.7 Å². The Morgan fingerprint density at radius 1 is 1.37 bits per heavy atom. The molecule has 0 saturated carbocycles. The molecule has 3 unspecified atom stereocenters. The summed E-state index contributed by atoms with van der Waals surface area (Å²) >= 11 is 3.27. The van der Waals surface area contributed by atoms with Crippen molar-refractivity contribution in [2.24, 2.45) is 0 Å². The van der Waals surface area contributed by atoms with Gasteiger partial charge in [-0.15, -0.1) is 0 Å². The average Bonchev–Trinajstić information content (AvgIpc) is 3.15. The minimum Gasteiger partial charge on any atom is -0.388 e. The van der Waals surface area contributed by atoms with E-state index >= 15 is 0 Å². The zero-order valence-electron chi connectivity index (χ0n) is 21.7. The number of nitrogen functional groups attached to an aromatic ring is 1. The Kier molecular flexibility index (Phi) is 11.0. The van der Waals surface area contributed by atoms with Crippen LogP contribution in [0.3, 0.4) is 0 Å². The topological polar surface area (TPSA) is 196 Å². The molecule has 0 spiro atoms. The van der Waals surface area contributed by atoms with E-state index in [4.69, 9.17) is 19.5 Å². The van der Waals surface area contributed by atoms with Crippen LogP contribution >= 0.6 is 24.5 Å². The van der Waals surface area contributed by atoms with Crippen molar-refractivity contribution in [3.8, 4) is 0 Å². The van der Waals surface area contributed by atoms with Gasteiger partial charge in [0, 0.05) is 26.1 Å². The molecule has 4 atom stereocenters. The zero-order chi connectivity index (χ0) is 28.0. The predicted molar refractivity (Wildman–Crippen MR) is 143 cm³/mol. The number of aliphatic hydroxyl groups excluding tert-OH is 2. The minimum atomic E-state index is -2.21. The highest BCUT2D eigenvalue weighted by molar-refractivity contribution is 9.10. The van der Waals surface area contributed by atoms with Crippen LogP contribution in [0, 0.1) is 0 Å². The quantitative estimate of drug-likeness (QED) is 0.120. The molecule has 1 fully saturated rings. The maximum absolute atomic E-state index is 13.1. The number of carbonyl (C=O) groups is 1. The number of imidazole rings is 1. The second-order valence-corrected chi connectivity index (χ2v) is 11.2. The number of amides is 1. The van der Waals surface area contributed by atoms with Crippen molar-refractivity contribution in [2.45, 2.75) is 83.5 Å². The third-order valence-electron chi connectivity index (χ3n) is 6.13.